The smallest absolute Gasteiger partial charge is 0.0118 e. The molecule has 0 nitrogen and oxygen atoms in total. The predicted octanol–water partition coefficient (Wildman–Crippen LogP) is 6.89. The van der Waals surface area contributed by atoms with Gasteiger partial charge >= 0.3 is 0 Å². The van der Waals surface area contributed by atoms with Gasteiger partial charge in [-0.05, 0) is 12.8 Å². The van der Waals surface area contributed by atoms with Gasteiger partial charge in [-0.25, -0.2) is 0 Å². The van der Waals surface area contributed by atoms with Gasteiger partial charge in [0.2, 0.25) is 0 Å². The van der Waals surface area contributed by atoms with Crippen LogP contribution < -0.4 is 0 Å². The van der Waals surface area contributed by atoms with Crippen LogP contribution in [0.1, 0.15) is 84.0 Å². The van der Waals surface area contributed by atoms with Gasteiger partial charge < -0.3 is 0 Å². The van der Waals surface area contributed by atoms with Crippen LogP contribution in [0.2, 0.25) is 0 Å². The van der Waals surface area contributed by atoms with Crippen LogP contribution >= 0.6 is 38.5 Å². The van der Waals surface area contributed by atoms with E-state index in [1.165, 1.54) is 82.4 Å². The van der Waals surface area contributed by atoms with Crippen LogP contribution in [-0.2, 0) is 0 Å². The normalized spacial score (nSPS) is 12.9. The lowest BCUT2D eigenvalue weighted by Crippen LogP contribution is -1.97. The number of unbranched alkanes of at least 4 members (excludes halogenated alkanes) is 9. The van der Waals surface area contributed by atoms with Crippen LogP contribution in [0.5, 0.6) is 0 Å². The number of hydrogen-bond donors (Lipinski definition) is 0. The molecule has 2 heteroatoms. The molecule has 0 aromatic heterocycles. The van der Waals surface area contributed by atoms with Crippen LogP contribution in [0.4, 0.5) is 0 Å². The molecule has 0 saturated carbocycles. The second-order valence-electron chi connectivity index (χ2n) is 5.05. The van der Waals surface area contributed by atoms with Crippen molar-refractivity contribution in [1.82, 2.24) is 0 Å². The van der Waals surface area contributed by atoms with Crippen molar-refractivity contribution >= 4 is 38.5 Å². The van der Waals surface area contributed by atoms with E-state index in [4.69, 9.17) is 0 Å². The van der Waals surface area contributed by atoms with Crippen LogP contribution in [0.3, 0.4) is 0 Å². The van der Waals surface area contributed by atoms with E-state index in [1.807, 2.05) is 0 Å². The van der Waals surface area contributed by atoms with Gasteiger partial charge in [-0.3, -0.25) is 0 Å². The van der Waals surface area contributed by atoms with Crippen LogP contribution in [0, 0.1) is 0 Å². The largest absolute Gasteiger partial charge is 0.0928 e. The van der Waals surface area contributed by atoms with Crippen LogP contribution in [-0.4, -0.2) is 9.25 Å². The standard InChI is InChI=1S/C15H30BrI/c1-2-3-4-5-6-7-8-9-10-11-12-15(17)13-14-16/h15H,2-14H2,1H3. The lowest BCUT2D eigenvalue weighted by atomic mass is 10.0. The molecule has 0 heterocycles. The molecule has 0 aromatic carbocycles. The Hall–Kier alpha value is 1.21. The van der Waals surface area contributed by atoms with E-state index in [2.05, 4.69) is 45.4 Å². The Bertz CT molecular complexity index is 139. The molecular weight excluding hydrogens is 387 g/mol. The molecule has 0 aromatic rings. The minimum Gasteiger partial charge on any atom is -0.0928 e. The zero-order valence-electron chi connectivity index (χ0n) is 11.5. The summed E-state index contributed by atoms with van der Waals surface area (Å²) in [4.78, 5) is 0. The molecule has 0 aliphatic rings. The van der Waals surface area contributed by atoms with Crippen molar-refractivity contribution in [3.63, 3.8) is 0 Å². The Morgan fingerprint density at radius 3 is 1.71 bits per heavy atom. The van der Waals surface area contributed by atoms with Crippen molar-refractivity contribution < 1.29 is 0 Å². The van der Waals surface area contributed by atoms with E-state index in [9.17, 15) is 0 Å². The first kappa shape index (κ1) is 18.2. The third kappa shape index (κ3) is 15.2. The predicted molar refractivity (Wildman–Crippen MR) is 92.7 cm³/mol. The van der Waals surface area contributed by atoms with Crippen LogP contribution in [0.15, 0.2) is 0 Å². The topological polar surface area (TPSA) is 0 Å². The quantitative estimate of drug-likeness (QED) is 0.174. The third-order valence-corrected chi connectivity index (χ3v) is 5.00. The molecule has 0 fully saturated rings. The fourth-order valence-corrected chi connectivity index (χ4v) is 4.28. The highest BCUT2D eigenvalue weighted by atomic mass is 127. The van der Waals surface area contributed by atoms with Crippen LogP contribution in [0.25, 0.3) is 0 Å². The van der Waals surface area contributed by atoms with Crippen molar-refractivity contribution in [2.45, 2.75) is 87.9 Å². The Balaban J connectivity index is 2.98. The monoisotopic (exact) mass is 416 g/mol. The summed E-state index contributed by atoms with van der Waals surface area (Å²) in [6, 6.07) is 0. The Kier molecular flexibility index (Phi) is 16.4. The van der Waals surface area contributed by atoms with Gasteiger partial charge in [0.05, 0.1) is 0 Å². The second-order valence-corrected chi connectivity index (χ2v) is 7.60. The average Bonchev–Trinajstić information content (AvgIpc) is 2.32. The summed E-state index contributed by atoms with van der Waals surface area (Å²) in [6.07, 6.45) is 17.2. The summed E-state index contributed by atoms with van der Waals surface area (Å²) in [7, 11) is 0. The first-order valence-corrected chi connectivity index (χ1v) is 9.88. The molecule has 17 heavy (non-hydrogen) atoms. The lowest BCUT2D eigenvalue weighted by Gasteiger charge is -2.07. The number of halogens is 2. The minimum absolute atomic E-state index is 0.890. The molecule has 0 aliphatic heterocycles. The molecule has 1 unspecified atom stereocenters. The molecular formula is C15H30BrI. The van der Waals surface area contributed by atoms with Gasteiger partial charge in [-0.2, -0.15) is 0 Å². The zero-order valence-corrected chi connectivity index (χ0v) is 15.3. The first-order valence-electron chi connectivity index (χ1n) is 7.51. The first-order chi connectivity index (χ1) is 8.31. The Labute approximate surface area is 131 Å². The molecule has 1 atom stereocenters. The summed E-state index contributed by atoms with van der Waals surface area (Å²) < 4.78 is 0.890. The molecule has 0 spiro atoms. The number of alkyl halides is 2. The van der Waals surface area contributed by atoms with E-state index in [1.54, 1.807) is 0 Å². The van der Waals surface area contributed by atoms with E-state index >= 15 is 0 Å². The van der Waals surface area contributed by atoms with Crippen molar-refractivity contribution in [3.05, 3.63) is 0 Å². The van der Waals surface area contributed by atoms with Gasteiger partial charge in [0.15, 0.2) is 0 Å². The molecule has 0 radical (unpaired) electrons. The molecule has 0 bridgehead atoms. The van der Waals surface area contributed by atoms with E-state index in [0.717, 1.165) is 3.92 Å². The van der Waals surface area contributed by atoms with Gasteiger partial charge in [-0.1, -0.05) is 110 Å². The summed E-state index contributed by atoms with van der Waals surface area (Å²) >= 11 is 6.11. The molecule has 104 valence electrons. The highest BCUT2D eigenvalue weighted by molar-refractivity contribution is 14.1. The van der Waals surface area contributed by atoms with Gasteiger partial charge in [0.1, 0.15) is 0 Å². The lowest BCUT2D eigenvalue weighted by molar-refractivity contribution is 0.547. The fraction of sp³-hybridized carbons (Fsp3) is 1.00. The Morgan fingerprint density at radius 2 is 1.24 bits per heavy atom. The average molecular weight is 417 g/mol. The molecule has 0 amide bonds. The zero-order chi connectivity index (χ0) is 12.8. The highest BCUT2D eigenvalue weighted by Gasteiger charge is 2.01. The minimum atomic E-state index is 0.890. The van der Waals surface area contributed by atoms with Gasteiger partial charge in [0, 0.05) is 9.25 Å². The summed E-state index contributed by atoms with van der Waals surface area (Å²) in [5.41, 5.74) is 0. The van der Waals surface area contributed by atoms with Gasteiger partial charge in [0.25, 0.3) is 0 Å². The maximum absolute atomic E-state index is 3.51. The maximum Gasteiger partial charge on any atom is 0.0118 e. The van der Waals surface area contributed by atoms with Crippen molar-refractivity contribution in [2.75, 3.05) is 5.33 Å². The highest BCUT2D eigenvalue weighted by Crippen LogP contribution is 2.17. The molecule has 0 rings (SSSR count). The third-order valence-electron chi connectivity index (χ3n) is 3.29. The fourth-order valence-electron chi connectivity index (χ4n) is 2.12. The summed E-state index contributed by atoms with van der Waals surface area (Å²) in [5.74, 6) is 0. The van der Waals surface area contributed by atoms with E-state index in [0.29, 0.717) is 0 Å². The second kappa shape index (κ2) is 15.3. The number of hydrogen-bond acceptors (Lipinski definition) is 0. The number of rotatable bonds is 13. The molecule has 0 saturated heterocycles. The summed E-state index contributed by atoms with van der Waals surface area (Å²) in [5, 5.41) is 1.17. The van der Waals surface area contributed by atoms with E-state index < -0.39 is 0 Å². The van der Waals surface area contributed by atoms with Crippen molar-refractivity contribution in [2.24, 2.45) is 0 Å². The molecule has 0 aliphatic carbocycles. The maximum atomic E-state index is 3.51. The van der Waals surface area contributed by atoms with Gasteiger partial charge in [-0.15, -0.1) is 0 Å². The van der Waals surface area contributed by atoms with E-state index in [-0.39, 0.29) is 0 Å². The Morgan fingerprint density at radius 1 is 0.765 bits per heavy atom. The SMILES string of the molecule is CCCCCCCCCCCCC(I)CCBr. The molecule has 0 N–H and O–H groups in total. The van der Waals surface area contributed by atoms with Crippen molar-refractivity contribution in [3.8, 4) is 0 Å². The van der Waals surface area contributed by atoms with Crippen molar-refractivity contribution in [1.29, 1.82) is 0 Å². The summed E-state index contributed by atoms with van der Waals surface area (Å²) in [6.45, 7) is 2.29.